The largest absolute Gasteiger partial charge is 0.480 e. The molecule has 1 heterocycles. The summed E-state index contributed by atoms with van der Waals surface area (Å²) in [5.41, 5.74) is -1.21. The zero-order chi connectivity index (χ0) is 14.3. The molecule has 7 heteroatoms. The van der Waals surface area contributed by atoms with Gasteiger partial charge in [0.2, 0.25) is 5.91 Å². The number of rotatable bonds is 5. The van der Waals surface area contributed by atoms with Crippen molar-refractivity contribution in [2.45, 2.75) is 38.1 Å². The topological polar surface area (TPSA) is 101 Å². The third-order valence-electron chi connectivity index (χ3n) is 4.04. The summed E-state index contributed by atoms with van der Waals surface area (Å²) < 4.78 is 22.6. The lowest BCUT2D eigenvalue weighted by molar-refractivity contribution is -0.148. The smallest absolute Gasteiger partial charge is 0.329 e. The number of hydrogen-bond acceptors (Lipinski definition) is 4. The Kier molecular flexibility index (Phi) is 3.59. The molecule has 2 rings (SSSR count). The number of carbonyl (C=O) groups excluding carboxylic acids is 1. The van der Waals surface area contributed by atoms with E-state index in [0.717, 1.165) is 12.8 Å². The van der Waals surface area contributed by atoms with Gasteiger partial charge in [-0.05, 0) is 38.0 Å². The lowest BCUT2D eigenvalue weighted by Crippen LogP contribution is -2.54. The second-order valence-corrected chi connectivity index (χ2v) is 8.03. The summed E-state index contributed by atoms with van der Waals surface area (Å²) >= 11 is 0. The van der Waals surface area contributed by atoms with Crippen molar-refractivity contribution < 1.29 is 23.1 Å². The van der Waals surface area contributed by atoms with Crippen LogP contribution < -0.4 is 5.32 Å². The molecule has 108 valence electrons. The van der Waals surface area contributed by atoms with E-state index in [0.29, 0.717) is 6.42 Å². The molecule has 2 N–H and O–H groups in total. The van der Waals surface area contributed by atoms with Crippen molar-refractivity contribution in [3.05, 3.63) is 0 Å². The van der Waals surface area contributed by atoms with Crippen molar-refractivity contribution in [3.63, 3.8) is 0 Å². The minimum Gasteiger partial charge on any atom is -0.480 e. The standard InChI is InChI=1S/C12H19NO5S/c1-12(11(15)16,9-2-3-9)13-10(14)6-8-4-5-19(17,18)7-8/h8-9H,2-7H2,1H3,(H,13,14)(H,15,16). The predicted molar refractivity (Wildman–Crippen MR) is 68.3 cm³/mol. The van der Waals surface area contributed by atoms with Crippen LogP contribution in [0.4, 0.5) is 0 Å². The Morgan fingerprint density at radius 2 is 1.95 bits per heavy atom. The highest BCUT2D eigenvalue weighted by Gasteiger charge is 2.48. The molecule has 1 aliphatic heterocycles. The van der Waals surface area contributed by atoms with Crippen LogP contribution in [0.15, 0.2) is 0 Å². The van der Waals surface area contributed by atoms with Crippen molar-refractivity contribution in [2.24, 2.45) is 11.8 Å². The Hall–Kier alpha value is -1.11. The highest BCUT2D eigenvalue weighted by Crippen LogP contribution is 2.39. The molecule has 1 aliphatic carbocycles. The molecule has 6 nitrogen and oxygen atoms in total. The maximum Gasteiger partial charge on any atom is 0.329 e. The van der Waals surface area contributed by atoms with E-state index in [1.54, 1.807) is 0 Å². The lowest BCUT2D eigenvalue weighted by Gasteiger charge is -2.26. The van der Waals surface area contributed by atoms with Crippen molar-refractivity contribution in [2.75, 3.05) is 11.5 Å². The SMILES string of the molecule is CC(NC(=O)CC1CCS(=O)(=O)C1)(C(=O)O)C1CC1. The van der Waals surface area contributed by atoms with E-state index in [1.807, 2.05) is 0 Å². The zero-order valence-corrected chi connectivity index (χ0v) is 11.7. The molecule has 0 bridgehead atoms. The zero-order valence-electron chi connectivity index (χ0n) is 10.9. The van der Waals surface area contributed by atoms with Gasteiger partial charge in [0.05, 0.1) is 11.5 Å². The van der Waals surface area contributed by atoms with Gasteiger partial charge in [0, 0.05) is 6.42 Å². The first kappa shape index (κ1) is 14.3. The molecule has 0 aromatic carbocycles. The van der Waals surface area contributed by atoms with Gasteiger partial charge in [-0.25, -0.2) is 13.2 Å². The summed E-state index contributed by atoms with van der Waals surface area (Å²) in [5.74, 6) is -1.41. The predicted octanol–water partition coefficient (Wildman–Crippen LogP) is 0.181. The Labute approximate surface area is 112 Å². The quantitative estimate of drug-likeness (QED) is 0.752. The number of sulfone groups is 1. The second-order valence-electron chi connectivity index (χ2n) is 5.80. The molecule has 1 saturated carbocycles. The summed E-state index contributed by atoms with van der Waals surface area (Å²) in [4.78, 5) is 23.2. The molecule has 1 saturated heterocycles. The highest BCUT2D eigenvalue weighted by molar-refractivity contribution is 7.91. The third kappa shape index (κ3) is 3.26. The van der Waals surface area contributed by atoms with Gasteiger partial charge in [0.15, 0.2) is 9.84 Å². The minimum atomic E-state index is -3.00. The minimum absolute atomic E-state index is 0.0127. The fourth-order valence-corrected chi connectivity index (χ4v) is 4.49. The number of hydrogen-bond donors (Lipinski definition) is 2. The molecule has 0 radical (unpaired) electrons. The van der Waals surface area contributed by atoms with Crippen molar-refractivity contribution in [1.29, 1.82) is 0 Å². The van der Waals surface area contributed by atoms with Crippen LogP contribution in [-0.4, -0.2) is 42.4 Å². The van der Waals surface area contributed by atoms with Crippen LogP contribution in [0, 0.1) is 11.8 Å². The van der Waals surface area contributed by atoms with Gasteiger partial charge < -0.3 is 10.4 Å². The summed E-state index contributed by atoms with van der Waals surface area (Å²) in [6.07, 6.45) is 2.19. The van der Waals surface area contributed by atoms with Crippen LogP contribution in [0.5, 0.6) is 0 Å². The van der Waals surface area contributed by atoms with Crippen molar-refractivity contribution in [3.8, 4) is 0 Å². The van der Waals surface area contributed by atoms with Gasteiger partial charge in [-0.2, -0.15) is 0 Å². The normalized spacial score (nSPS) is 28.6. The molecule has 1 amide bonds. The average Bonchev–Trinajstić information content (AvgIpc) is 3.05. The summed E-state index contributed by atoms with van der Waals surface area (Å²) in [6.45, 7) is 1.52. The third-order valence-corrected chi connectivity index (χ3v) is 5.88. The maximum atomic E-state index is 11.9. The van der Waals surface area contributed by atoms with Gasteiger partial charge in [-0.3, -0.25) is 4.79 Å². The molecule has 0 aromatic rings. The van der Waals surface area contributed by atoms with E-state index in [-0.39, 0.29) is 35.7 Å². The molecule has 0 spiro atoms. The van der Waals surface area contributed by atoms with Gasteiger partial charge in [-0.1, -0.05) is 0 Å². The number of carboxylic acid groups (broad SMARTS) is 1. The van der Waals surface area contributed by atoms with Crippen molar-refractivity contribution in [1.82, 2.24) is 5.32 Å². The van der Waals surface area contributed by atoms with Crippen LogP contribution in [-0.2, 0) is 19.4 Å². The average molecular weight is 289 g/mol. The number of amides is 1. The van der Waals surface area contributed by atoms with Gasteiger partial charge >= 0.3 is 5.97 Å². The van der Waals surface area contributed by atoms with Crippen molar-refractivity contribution >= 4 is 21.7 Å². The first-order chi connectivity index (χ1) is 8.73. The highest BCUT2D eigenvalue weighted by atomic mass is 32.2. The van der Waals surface area contributed by atoms with Gasteiger partial charge in [-0.15, -0.1) is 0 Å². The number of aliphatic carboxylic acids is 1. The van der Waals surface area contributed by atoms with Crippen LogP contribution >= 0.6 is 0 Å². The van der Waals surface area contributed by atoms with Gasteiger partial charge in [0.25, 0.3) is 0 Å². The van der Waals surface area contributed by atoms with E-state index in [1.165, 1.54) is 6.92 Å². The fourth-order valence-electron chi connectivity index (χ4n) is 2.63. The number of carbonyl (C=O) groups is 2. The Morgan fingerprint density at radius 1 is 1.32 bits per heavy atom. The van der Waals surface area contributed by atoms with Crippen LogP contribution in [0.2, 0.25) is 0 Å². The molecule has 2 atom stereocenters. The van der Waals surface area contributed by atoms with Gasteiger partial charge in [0.1, 0.15) is 5.54 Å². The Balaban J connectivity index is 1.92. The molecule has 2 fully saturated rings. The molecule has 19 heavy (non-hydrogen) atoms. The van der Waals surface area contributed by atoms with E-state index >= 15 is 0 Å². The fraction of sp³-hybridized carbons (Fsp3) is 0.833. The molecule has 0 aromatic heterocycles. The van der Waals surface area contributed by atoms with Crippen LogP contribution in [0.25, 0.3) is 0 Å². The number of nitrogens with one attached hydrogen (secondary N) is 1. The molecular weight excluding hydrogens is 270 g/mol. The summed E-state index contributed by atoms with van der Waals surface area (Å²) in [7, 11) is -3.00. The van der Waals surface area contributed by atoms with E-state index in [2.05, 4.69) is 5.32 Å². The second kappa shape index (κ2) is 4.77. The molecule has 2 unspecified atom stereocenters. The van der Waals surface area contributed by atoms with Crippen LogP contribution in [0.1, 0.15) is 32.6 Å². The van der Waals surface area contributed by atoms with E-state index < -0.39 is 21.3 Å². The molecule has 2 aliphatic rings. The lowest BCUT2D eigenvalue weighted by atomic mass is 9.95. The Morgan fingerprint density at radius 3 is 2.37 bits per heavy atom. The summed E-state index contributed by atoms with van der Waals surface area (Å²) in [5, 5.41) is 11.8. The first-order valence-corrected chi connectivity index (χ1v) is 8.30. The monoisotopic (exact) mass is 289 g/mol. The summed E-state index contributed by atoms with van der Waals surface area (Å²) in [6, 6.07) is 0. The first-order valence-electron chi connectivity index (χ1n) is 6.48. The maximum absolute atomic E-state index is 11.9. The number of carboxylic acids is 1. The Bertz CT molecular complexity index is 496. The van der Waals surface area contributed by atoms with E-state index in [4.69, 9.17) is 0 Å². The van der Waals surface area contributed by atoms with E-state index in [9.17, 15) is 23.1 Å². The molecular formula is C12H19NO5S. The van der Waals surface area contributed by atoms with Crippen LogP contribution in [0.3, 0.4) is 0 Å².